The molecule has 1 rings (SSSR count). The molecule has 122 valence electrons. The van der Waals surface area contributed by atoms with Crippen LogP contribution in [0.5, 0.6) is 5.75 Å². The van der Waals surface area contributed by atoms with E-state index in [2.05, 4.69) is 5.32 Å². The van der Waals surface area contributed by atoms with Crippen molar-refractivity contribution in [2.24, 2.45) is 0 Å². The molecule has 0 spiro atoms. The third kappa shape index (κ3) is 5.63. The van der Waals surface area contributed by atoms with Crippen LogP contribution in [0.15, 0.2) is 18.2 Å². The van der Waals surface area contributed by atoms with Crippen molar-refractivity contribution in [3.8, 4) is 5.75 Å². The summed E-state index contributed by atoms with van der Waals surface area (Å²) in [5.41, 5.74) is -0.786. The maximum Gasteiger partial charge on any atom is 0.450 e. The van der Waals surface area contributed by atoms with Gasteiger partial charge in [-0.1, -0.05) is 6.07 Å². The van der Waals surface area contributed by atoms with Gasteiger partial charge in [-0.3, -0.25) is 10.1 Å². The molecule has 0 saturated heterocycles. The summed E-state index contributed by atoms with van der Waals surface area (Å²) in [6, 6.07) is 3.38. The van der Waals surface area contributed by atoms with Gasteiger partial charge in [-0.2, -0.15) is 13.2 Å². The van der Waals surface area contributed by atoms with Crippen molar-refractivity contribution in [3.05, 3.63) is 23.8 Å². The molecule has 0 radical (unpaired) electrons. The smallest absolute Gasteiger partial charge is 0.450 e. The topological polar surface area (TPSA) is 75.6 Å². The van der Waals surface area contributed by atoms with E-state index in [0.29, 0.717) is 0 Å². The zero-order chi connectivity index (χ0) is 17.1. The number of amides is 1. The third-order valence-electron chi connectivity index (χ3n) is 2.38. The van der Waals surface area contributed by atoms with Gasteiger partial charge in [-0.05, 0) is 38.5 Å². The molecular weight excluding hydrogens is 303 g/mol. The van der Waals surface area contributed by atoms with Crippen LogP contribution in [0.4, 0.5) is 23.7 Å². The van der Waals surface area contributed by atoms with Crippen molar-refractivity contribution in [3.63, 3.8) is 0 Å². The molecule has 2 N–H and O–H groups in total. The molecule has 0 unspecified atom stereocenters. The highest BCUT2D eigenvalue weighted by Gasteiger charge is 2.37. The van der Waals surface area contributed by atoms with Crippen LogP contribution in [0.2, 0.25) is 0 Å². The summed E-state index contributed by atoms with van der Waals surface area (Å²) in [5.74, 6) is -2.38. The Kier molecular flexibility index (Phi) is 5.05. The normalized spacial score (nSPS) is 11.9. The van der Waals surface area contributed by atoms with Crippen molar-refractivity contribution in [2.75, 3.05) is 5.32 Å². The van der Waals surface area contributed by atoms with E-state index in [1.807, 2.05) is 0 Å². The average molecular weight is 319 g/mol. The molecule has 1 aromatic carbocycles. The molecule has 0 bridgehead atoms. The lowest BCUT2D eigenvalue weighted by molar-refractivity contribution is -0.170. The lowest BCUT2D eigenvalue weighted by Crippen LogP contribution is -2.27. The van der Waals surface area contributed by atoms with E-state index < -0.39 is 35.8 Å². The summed E-state index contributed by atoms with van der Waals surface area (Å²) in [6.45, 7) is 4.95. The van der Waals surface area contributed by atoms with Crippen molar-refractivity contribution in [1.29, 1.82) is 0 Å². The first-order valence-electron chi connectivity index (χ1n) is 6.30. The molecule has 0 heterocycles. The SMILES string of the molecule is CC(C)(C)OC(=O)Nc1ccc(CC(=O)C(F)(F)F)cc1O. The monoisotopic (exact) mass is 319 g/mol. The highest BCUT2D eigenvalue weighted by molar-refractivity contribution is 5.88. The molecule has 0 atom stereocenters. The number of rotatable bonds is 3. The lowest BCUT2D eigenvalue weighted by atomic mass is 10.1. The number of halogens is 3. The highest BCUT2D eigenvalue weighted by atomic mass is 19.4. The number of aromatic hydroxyl groups is 1. The number of hydrogen-bond acceptors (Lipinski definition) is 4. The van der Waals surface area contributed by atoms with Crippen molar-refractivity contribution >= 4 is 17.6 Å². The van der Waals surface area contributed by atoms with Crippen LogP contribution in [-0.4, -0.2) is 28.8 Å². The standard InChI is InChI=1S/C14H16F3NO4/c1-13(2,3)22-12(21)18-9-5-4-8(6-10(9)19)7-11(20)14(15,16)17/h4-6,19H,7H2,1-3H3,(H,18,21). The van der Waals surface area contributed by atoms with Crippen LogP contribution in [0.1, 0.15) is 26.3 Å². The number of ether oxygens (including phenoxy) is 1. The second-order valence-corrected chi connectivity index (χ2v) is 5.58. The van der Waals surface area contributed by atoms with Gasteiger partial charge >= 0.3 is 12.3 Å². The zero-order valence-electron chi connectivity index (χ0n) is 12.2. The number of hydrogen-bond donors (Lipinski definition) is 2. The predicted octanol–water partition coefficient (Wildman–Crippen LogP) is 3.41. The first-order chi connectivity index (χ1) is 9.88. The molecule has 0 aliphatic heterocycles. The summed E-state index contributed by atoms with van der Waals surface area (Å²) in [6.07, 6.45) is -6.63. The van der Waals surface area contributed by atoms with Gasteiger partial charge in [0.1, 0.15) is 11.4 Å². The van der Waals surface area contributed by atoms with Crippen molar-refractivity contribution in [1.82, 2.24) is 0 Å². The second kappa shape index (κ2) is 6.25. The number of benzene rings is 1. The number of carbonyl (C=O) groups excluding carboxylic acids is 2. The lowest BCUT2D eigenvalue weighted by Gasteiger charge is -2.20. The number of phenolic OH excluding ortho intramolecular Hbond substituents is 1. The summed E-state index contributed by atoms with van der Waals surface area (Å²) in [4.78, 5) is 22.4. The first-order valence-corrected chi connectivity index (χ1v) is 6.30. The Morgan fingerprint density at radius 2 is 1.82 bits per heavy atom. The Balaban J connectivity index is 2.78. The maximum atomic E-state index is 12.2. The van der Waals surface area contributed by atoms with Crippen molar-refractivity contribution in [2.45, 2.75) is 39.0 Å². The minimum Gasteiger partial charge on any atom is -0.506 e. The van der Waals surface area contributed by atoms with E-state index in [0.717, 1.165) is 6.07 Å². The number of anilines is 1. The van der Waals surface area contributed by atoms with Gasteiger partial charge in [0.2, 0.25) is 5.78 Å². The molecule has 8 heteroatoms. The predicted molar refractivity (Wildman–Crippen MR) is 72.7 cm³/mol. The van der Waals surface area contributed by atoms with Gasteiger partial charge < -0.3 is 9.84 Å². The first kappa shape index (κ1) is 17.8. The molecule has 0 fully saturated rings. The van der Waals surface area contributed by atoms with E-state index in [1.54, 1.807) is 20.8 Å². The van der Waals surface area contributed by atoms with Crippen molar-refractivity contribution < 1.29 is 32.6 Å². The van der Waals surface area contributed by atoms with E-state index in [9.17, 15) is 27.9 Å². The van der Waals surface area contributed by atoms with Crippen LogP contribution >= 0.6 is 0 Å². The highest BCUT2D eigenvalue weighted by Crippen LogP contribution is 2.27. The minimum atomic E-state index is -4.93. The molecule has 5 nitrogen and oxygen atoms in total. The molecule has 1 aromatic rings. The third-order valence-corrected chi connectivity index (χ3v) is 2.38. The van der Waals surface area contributed by atoms with Crippen LogP contribution in [0.3, 0.4) is 0 Å². The average Bonchev–Trinajstić information content (AvgIpc) is 2.29. The molecule has 0 aliphatic rings. The van der Waals surface area contributed by atoms with Crippen LogP contribution in [0, 0.1) is 0 Å². The van der Waals surface area contributed by atoms with Gasteiger partial charge in [-0.15, -0.1) is 0 Å². The van der Waals surface area contributed by atoms with E-state index in [1.165, 1.54) is 12.1 Å². The number of nitrogens with one attached hydrogen (secondary N) is 1. The number of carbonyl (C=O) groups is 2. The Morgan fingerprint density at radius 3 is 2.27 bits per heavy atom. The van der Waals surface area contributed by atoms with Crippen LogP contribution < -0.4 is 5.32 Å². The van der Waals surface area contributed by atoms with Crippen LogP contribution in [0.25, 0.3) is 0 Å². The fourth-order valence-electron chi connectivity index (χ4n) is 1.49. The Bertz CT molecular complexity index is 576. The van der Waals surface area contributed by atoms with E-state index in [4.69, 9.17) is 4.74 Å². The Morgan fingerprint density at radius 1 is 1.23 bits per heavy atom. The fraction of sp³-hybridized carbons (Fsp3) is 0.429. The Hall–Kier alpha value is -2.25. The minimum absolute atomic E-state index is 0.0189. The van der Waals surface area contributed by atoms with Gasteiger partial charge in [0.15, 0.2) is 0 Å². The van der Waals surface area contributed by atoms with Gasteiger partial charge in [0.25, 0.3) is 0 Å². The Labute approximate surface area is 125 Å². The summed E-state index contributed by atoms with van der Waals surface area (Å²) in [5, 5.41) is 12.0. The summed E-state index contributed by atoms with van der Waals surface area (Å²) >= 11 is 0. The zero-order valence-corrected chi connectivity index (χ0v) is 12.2. The van der Waals surface area contributed by atoms with Gasteiger partial charge in [0, 0.05) is 6.42 Å². The molecular formula is C14H16F3NO4. The molecule has 0 saturated carbocycles. The molecule has 0 aliphatic carbocycles. The molecule has 0 aromatic heterocycles. The maximum absolute atomic E-state index is 12.2. The second-order valence-electron chi connectivity index (χ2n) is 5.58. The van der Waals surface area contributed by atoms with E-state index >= 15 is 0 Å². The van der Waals surface area contributed by atoms with Gasteiger partial charge in [0.05, 0.1) is 5.69 Å². The number of ketones is 1. The fourth-order valence-corrected chi connectivity index (χ4v) is 1.49. The number of Topliss-reactive ketones (excluding diaryl/α,β-unsaturated/α-hetero) is 1. The summed E-state index contributed by atoms with van der Waals surface area (Å²) in [7, 11) is 0. The summed E-state index contributed by atoms with van der Waals surface area (Å²) < 4.78 is 41.4. The van der Waals surface area contributed by atoms with Crippen LogP contribution in [-0.2, 0) is 16.0 Å². The van der Waals surface area contributed by atoms with E-state index in [-0.39, 0.29) is 11.3 Å². The largest absolute Gasteiger partial charge is 0.506 e. The number of alkyl halides is 3. The molecule has 22 heavy (non-hydrogen) atoms. The number of phenols is 1. The quantitative estimate of drug-likeness (QED) is 0.837. The van der Waals surface area contributed by atoms with Gasteiger partial charge in [-0.25, -0.2) is 4.79 Å². The molecule has 1 amide bonds.